The average Bonchev–Trinajstić information content (AvgIpc) is 2.78. The first-order valence-corrected chi connectivity index (χ1v) is 5.74. The van der Waals surface area contributed by atoms with Crippen molar-refractivity contribution >= 4 is 11.8 Å². The van der Waals surface area contributed by atoms with Crippen molar-refractivity contribution in [3.63, 3.8) is 0 Å². The van der Waals surface area contributed by atoms with E-state index in [0.29, 0.717) is 5.82 Å². The number of aromatic nitrogens is 1. The van der Waals surface area contributed by atoms with Crippen LogP contribution >= 0.6 is 0 Å². The second kappa shape index (κ2) is 4.71. The normalized spacial score (nSPS) is 17.9. The van der Waals surface area contributed by atoms with Crippen LogP contribution in [0.1, 0.15) is 36.0 Å². The number of nitrogens with one attached hydrogen (secondary N) is 1. The second-order valence-corrected chi connectivity index (χ2v) is 4.51. The lowest BCUT2D eigenvalue weighted by molar-refractivity contribution is 0.0697. The first-order chi connectivity index (χ1) is 8.15. The fraction of sp³-hybridized carbons (Fsp3) is 0.500. The summed E-state index contributed by atoms with van der Waals surface area (Å²) >= 11 is 0. The van der Waals surface area contributed by atoms with E-state index < -0.39 is 5.97 Å². The minimum Gasteiger partial charge on any atom is -0.478 e. The van der Waals surface area contributed by atoms with Gasteiger partial charge in [-0.05, 0) is 25.0 Å². The van der Waals surface area contributed by atoms with Crippen LogP contribution in [0.25, 0.3) is 0 Å². The molecule has 2 rings (SSSR count). The van der Waals surface area contributed by atoms with Gasteiger partial charge >= 0.3 is 5.97 Å². The van der Waals surface area contributed by atoms with Gasteiger partial charge in [-0.25, -0.2) is 9.78 Å². The van der Waals surface area contributed by atoms with E-state index in [1.54, 1.807) is 0 Å². The summed E-state index contributed by atoms with van der Waals surface area (Å²) in [7, 11) is 0. The van der Waals surface area contributed by atoms with Crippen molar-refractivity contribution in [3.05, 3.63) is 23.9 Å². The van der Waals surface area contributed by atoms with Crippen LogP contribution in [0.15, 0.2) is 18.3 Å². The molecule has 1 aromatic heterocycles. The van der Waals surface area contributed by atoms with Gasteiger partial charge in [0.1, 0.15) is 5.82 Å². The molecular formula is C12H16N2O3. The number of anilines is 1. The minimum absolute atomic E-state index is 0.0476. The zero-order chi connectivity index (χ0) is 12.3. The van der Waals surface area contributed by atoms with Crippen molar-refractivity contribution in [2.75, 3.05) is 11.9 Å². The Morgan fingerprint density at radius 3 is 2.76 bits per heavy atom. The molecule has 5 heteroatoms. The topological polar surface area (TPSA) is 82.5 Å². The van der Waals surface area contributed by atoms with Crippen LogP contribution in [0, 0.1) is 0 Å². The summed E-state index contributed by atoms with van der Waals surface area (Å²) in [5.74, 6) is -0.458. The highest BCUT2D eigenvalue weighted by Crippen LogP contribution is 2.32. The molecule has 0 radical (unpaired) electrons. The molecule has 1 aromatic rings. The number of aromatic carboxylic acids is 1. The van der Waals surface area contributed by atoms with Gasteiger partial charge in [-0.3, -0.25) is 0 Å². The summed E-state index contributed by atoms with van der Waals surface area (Å²) in [6.45, 7) is 0.0476. The number of aliphatic hydroxyl groups is 1. The summed E-state index contributed by atoms with van der Waals surface area (Å²) in [4.78, 5) is 14.9. The quantitative estimate of drug-likeness (QED) is 0.738. The van der Waals surface area contributed by atoms with Gasteiger partial charge in [0.05, 0.1) is 17.7 Å². The average molecular weight is 236 g/mol. The van der Waals surface area contributed by atoms with E-state index in [9.17, 15) is 9.90 Å². The third-order valence-corrected chi connectivity index (χ3v) is 3.26. The maximum atomic E-state index is 10.8. The zero-order valence-corrected chi connectivity index (χ0v) is 9.52. The number of carbonyl (C=O) groups is 1. The van der Waals surface area contributed by atoms with Crippen LogP contribution in [0.3, 0.4) is 0 Å². The van der Waals surface area contributed by atoms with Crippen molar-refractivity contribution < 1.29 is 15.0 Å². The molecule has 1 saturated carbocycles. The number of hydrogen-bond acceptors (Lipinski definition) is 4. The van der Waals surface area contributed by atoms with Gasteiger partial charge in [-0.15, -0.1) is 0 Å². The van der Waals surface area contributed by atoms with E-state index in [0.717, 1.165) is 25.7 Å². The van der Waals surface area contributed by atoms with Gasteiger partial charge in [0.25, 0.3) is 0 Å². The van der Waals surface area contributed by atoms with E-state index in [1.165, 1.54) is 18.3 Å². The van der Waals surface area contributed by atoms with Crippen molar-refractivity contribution in [2.24, 2.45) is 0 Å². The van der Waals surface area contributed by atoms with E-state index in [1.807, 2.05) is 0 Å². The predicted molar refractivity (Wildman–Crippen MR) is 63.1 cm³/mol. The number of nitrogens with zero attached hydrogens (tertiary/aromatic N) is 1. The summed E-state index contributed by atoms with van der Waals surface area (Å²) in [6, 6.07) is 2.95. The zero-order valence-electron chi connectivity index (χ0n) is 9.52. The molecule has 0 saturated heterocycles. The molecule has 0 atom stereocenters. The Bertz CT molecular complexity index is 414. The second-order valence-electron chi connectivity index (χ2n) is 4.51. The van der Waals surface area contributed by atoms with Gasteiger partial charge in [-0.2, -0.15) is 0 Å². The van der Waals surface area contributed by atoms with Gasteiger partial charge in [-0.1, -0.05) is 12.8 Å². The van der Waals surface area contributed by atoms with Crippen LogP contribution in [0.4, 0.5) is 5.82 Å². The molecule has 17 heavy (non-hydrogen) atoms. The van der Waals surface area contributed by atoms with E-state index >= 15 is 0 Å². The minimum atomic E-state index is -0.972. The van der Waals surface area contributed by atoms with E-state index in [2.05, 4.69) is 10.3 Å². The summed E-state index contributed by atoms with van der Waals surface area (Å²) < 4.78 is 0. The Balaban J connectivity index is 2.17. The third-order valence-electron chi connectivity index (χ3n) is 3.26. The van der Waals surface area contributed by atoms with Crippen LogP contribution < -0.4 is 5.32 Å². The highest BCUT2D eigenvalue weighted by molar-refractivity contribution is 5.88. The fourth-order valence-corrected chi connectivity index (χ4v) is 2.28. The number of pyridine rings is 1. The third kappa shape index (κ3) is 2.55. The van der Waals surface area contributed by atoms with Gasteiger partial charge < -0.3 is 15.5 Å². The molecule has 0 unspecified atom stereocenters. The molecule has 92 valence electrons. The van der Waals surface area contributed by atoms with Crippen molar-refractivity contribution in [2.45, 2.75) is 31.2 Å². The number of aliphatic hydroxyl groups excluding tert-OH is 1. The van der Waals surface area contributed by atoms with E-state index in [-0.39, 0.29) is 17.7 Å². The molecule has 0 spiro atoms. The lowest BCUT2D eigenvalue weighted by atomic mass is 9.99. The Morgan fingerprint density at radius 1 is 1.47 bits per heavy atom. The van der Waals surface area contributed by atoms with Gasteiger partial charge in [0.2, 0.25) is 0 Å². The molecule has 1 aliphatic carbocycles. The van der Waals surface area contributed by atoms with Gasteiger partial charge in [0, 0.05) is 6.20 Å². The molecule has 1 heterocycles. The first-order valence-electron chi connectivity index (χ1n) is 5.74. The fourth-order valence-electron chi connectivity index (χ4n) is 2.28. The predicted octanol–water partition coefficient (Wildman–Crippen LogP) is 1.50. The van der Waals surface area contributed by atoms with E-state index in [4.69, 9.17) is 5.11 Å². The van der Waals surface area contributed by atoms with Crippen LogP contribution in [-0.4, -0.2) is 33.3 Å². The number of rotatable bonds is 4. The first kappa shape index (κ1) is 11.9. The SMILES string of the molecule is O=C(O)c1ccnc(NC2(CO)CCCC2)c1. The maximum absolute atomic E-state index is 10.8. The monoisotopic (exact) mass is 236 g/mol. The molecule has 1 aliphatic rings. The molecule has 0 bridgehead atoms. The highest BCUT2D eigenvalue weighted by Gasteiger charge is 2.33. The van der Waals surface area contributed by atoms with Crippen LogP contribution in [0.5, 0.6) is 0 Å². The van der Waals surface area contributed by atoms with Crippen molar-refractivity contribution in [1.82, 2.24) is 4.98 Å². The molecule has 0 amide bonds. The highest BCUT2D eigenvalue weighted by atomic mass is 16.4. The Kier molecular flexibility index (Phi) is 3.28. The van der Waals surface area contributed by atoms with Crippen LogP contribution in [0.2, 0.25) is 0 Å². The lowest BCUT2D eigenvalue weighted by Crippen LogP contribution is -2.39. The smallest absolute Gasteiger partial charge is 0.335 e. The maximum Gasteiger partial charge on any atom is 0.335 e. The summed E-state index contributed by atoms with van der Waals surface area (Å²) in [5, 5.41) is 21.5. The summed E-state index contributed by atoms with van der Waals surface area (Å²) in [5.41, 5.74) is -0.127. The Hall–Kier alpha value is -1.62. The standard InChI is InChI=1S/C12H16N2O3/c15-8-12(4-1-2-5-12)14-10-7-9(11(16)17)3-6-13-10/h3,6-7,15H,1-2,4-5,8H2,(H,13,14)(H,16,17). The Morgan fingerprint density at radius 2 is 2.18 bits per heavy atom. The molecule has 0 aromatic carbocycles. The molecule has 1 fully saturated rings. The Labute approximate surface area is 99.5 Å². The largest absolute Gasteiger partial charge is 0.478 e. The lowest BCUT2D eigenvalue weighted by Gasteiger charge is -2.28. The van der Waals surface area contributed by atoms with Crippen LogP contribution in [-0.2, 0) is 0 Å². The van der Waals surface area contributed by atoms with Crippen molar-refractivity contribution in [3.8, 4) is 0 Å². The number of carboxylic acids is 1. The number of carboxylic acid groups (broad SMARTS) is 1. The van der Waals surface area contributed by atoms with Crippen molar-refractivity contribution in [1.29, 1.82) is 0 Å². The molecule has 0 aliphatic heterocycles. The molecule has 3 N–H and O–H groups in total. The molecule has 5 nitrogen and oxygen atoms in total. The van der Waals surface area contributed by atoms with Gasteiger partial charge in [0.15, 0.2) is 0 Å². The number of hydrogen-bond donors (Lipinski definition) is 3. The molecular weight excluding hydrogens is 220 g/mol. The summed E-state index contributed by atoms with van der Waals surface area (Å²) in [6.07, 6.45) is 5.40.